The first-order valence-electron chi connectivity index (χ1n) is 8.22. The molecule has 1 aliphatic heterocycles. The van der Waals surface area contributed by atoms with Crippen LogP contribution >= 0.6 is 0 Å². The van der Waals surface area contributed by atoms with Gasteiger partial charge in [0.15, 0.2) is 0 Å². The molecule has 2 aliphatic rings. The second kappa shape index (κ2) is 5.71. The highest BCUT2D eigenvalue weighted by atomic mass is 16.5. The number of benzene rings is 1. The topological polar surface area (TPSA) is 47.3 Å². The number of nitrogens with one attached hydrogen (secondary N) is 1. The lowest BCUT2D eigenvalue weighted by atomic mass is 9.69. The van der Waals surface area contributed by atoms with Crippen molar-refractivity contribution >= 4 is 0 Å². The van der Waals surface area contributed by atoms with Gasteiger partial charge in [-0.1, -0.05) is 17.7 Å². The molecule has 1 saturated heterocycles. The van der Waals surface area contributed by atoms with Gasteiger partial charge in [-0.2, -0.15) is 0 Å². The predicted octanol–water partition coefficient (Wildman–Crippen LogP) is 3.47. The van der Waals surface area contributed by atoms with Gasteiger partial charge in [-0.3, -0.25) is 11.3 Å². The number of nitrogens with two attached hydrogens (primary N) is 1. The van der Waals surface area contributed by atoms with E-state index in [1.807, 2.05) is 0 Å². The molecule has 2 fully saturated rings. The molecule has 1 heterocycles. The quantitative estimate of drug-likeness (QED) is 0.661. The summed E-state index contributed by atoms with van der Waals surface area (Å²) in [6, 6.07) is 4.78. The number of hydrazine groups is 1. The number of rotatable bonds is 3. The molecular weight excluding hydrogens is 260 g/mol. The van der Waals surface area contributed by atoms with Crippen LogP contribution in [0.2, 0.25) is 0 Å². The molecule has 116 valence electrons. The Morgan fingerprint density at radius 3 is 2.43 bits per heavy atom. The standard InChI is InChI=1S/C18H28N2O/c1-12-9-13(2)16(14(3)10-12)17(20-19)15-5-8-21-18(11-15)6-4-7-18/h9-10,15,17,20H,4-8,11,19H2,1-3H3. The summed E-state index contributed by atoms with van der Waals surface area (Å²) in [5.41, 5.74) is 8.71. The molecule has 21 heavy (non-hydrogen) atoms. The zero-order valence-electron chi connectivity index (χ0n) is 13.5. The van der Waals surface area contributed by atoms with Crippen LogP contribution in [-0.2, 0) is 4.74 Å². The van der Waals surface area contributed by atoms with Gasteiger partial charge in [0.25, 0.3) is 0 Å². The normalized spacial score (nSPS) is 25.6. The first-order chi connectivity index (χ1) is 10.0. The monoisotopic (exact) mass is 288 g/mol. The van der Waals surface area contributed by atoms with Crippen molar-refractivity contribution in [3.05, 3.63) is 34.4 Å². The minimum Gasteiger partial charge on any atom is -0.375 e. The van der Waals surface area contributed by atoms with E-state index in [2.05, 4.69) is 38.3 Å². The lowest BCUT2D eigenvalue weighted by molar-refractivity contribution is -0.147. The molecule has 1 saturated carbocycles. The Morgan fingerprint density at radius 1 is 1.24 bits per heavy atom. The second-order valence-electron chi connectivity index (χ2n) is 7.09. The number of hydrogen-bond acceptors (Lipinski definition) is 3. The van der Waals surface area contributed by atoms with Crippen molar-refractivity contribution in [1.82, 2.24) is 5.43 Å². The molecule has 3 N–H and O–H groups in total. The van der Waals surface area contributed by atoms with Crippen LogP contribution in [0.3, 0.4) is 0 Å². The first kappa shape index (κ1) is 15.0. The van der Waals surface area contributed by atoms with E-state index in [9.17, 15) is 0 Å². The van der Waals surface area contributed by atoms with Crippen LogP contribution in [0.25, 0.3) is 0 Å². The van der Waals surface area contributed by atoms with E-state index in [1.165, 1.54) is 41.5 Å². The zero-order chi connectivity index (χ0) is 15.0. The van der Waals surface area contributed by atoms with Gasteiger partial charge in [0.05, 0.1) is 5.60 Å². The Balaban J connectivity index is 1.88. The summed E-state index contributed by atoms with van der Waals surface area (Å²) in [6.45, 7) is 7.45. The van der Waals surface area contributed by atoms with Crippen LogP contribution < -0.4 is 11.3 Å². The fourth-order valence-electron chi connectivity index (χ4n) is 4.41. The van der Waals surface area contributed by atoms with Gasteiger partial charge < -0.3 is 4.74 Å². The van der Waals surface area contributed by atoms with Gasteiger partial charge in [-0.05, 0) is 75.5 Å². The molecule has 3 heteroatoms. The van der Waals surface area contributed by atoms with Gasteiger partial charge in [-0.15, -0.1) is 0 Å². The number of aryl methyl sites for hydroxylation is 3. The van der Waals surface area contributed by atoms with E-state index in [0.717, 1.165) is 19.4 Å². The summed E-state index contributed by atoms with van der Waals surface area (Å²) in [5, 5.41) is 0. The van der Waals surface area contributed by atoms with E-state index in [-0.39, 0.29) is 11.6 Å². The number of ether oxygens (including phenoxy) is 1. The molecule has 3 rings (SSSR count). The van der Waals surface area contributed by atoms with Crippen LogP contribution in [0.4, 0.5) is 0 Å². The molecule has 2 unspecified atom stereocenters. The lowest BCUT2D eigenvalue weighted by Gasteiger charge is -2.49. The molecule has 3 nitrogen and oxygen atoms in total. The Labute approximate surface area is 128 Å². The summed E-state index contributed by atoms with van der Waals surface area (Å²) < 4.78 is 6.07. The minimum absolute atomic E-state index is 0.171. The van der Waals surface area contributed by atoms with Crippen LogP contribution in [0.15, 0.2) is 12.1 Å². The lowest BCUT2D eigenvalue weighted by Crippen LogP contribution is -2.49. The Bertz CT molecular complexity index is 499. The molecule has 2 atom stereocenters. The third-order valence-electron chi connectivity index (χ3n) is 5.50. The average molecular weight is 288 g/mol. The predicted molar refractivity (Wildman–Crippen MR) is 86.0 cm³/mol. The highest BCUT2D eigenvalue weighted by molar-refractivity contribution is 5.40. The van der Waals surface area contributed by atoms with E-state index in [0.29, 0.717) is 5.92 Å². The fraction of sp³-hybridized carbons (Fsp3) is 0.667. The van der Waals surface area contributed by atoms with Crippen molar-refractivity contribution in [3.63, 3.8) is 0 Å². The summed E-state index contributed by atoms with van der Waals surface area (Å²) >= 11 is 0. The molecule has 0 aromatic heterocycles. The second-order valence-corrected chi connectivity index (χ2v) is 7.09. The van der Waals surface area contributed by atoms with Crippen molar-refractivity contribution in [1.29, 1.82) is 0 Å². The summed E-state index contributed by atoms with van der Waals surface area (Å²) in [5.74, 6) is 6.54. The smallest absolute Gasteiger partial charge is 0.0686 e. The number of hydrogen-bond donors (Lipinski definition) is 2. The molecule has 0 bridgehead atoms. The molecular formula is C18H28N2O. The van der Waals surface area contributed by atoms with E-state index in [1.54, 1.807) is 0 Å². The third kappa shape index (κ3) is 2.75. The van der Waals surface area contributed by atoms with Crippen LogP contribution in [0, 0.1) is 26.7 Å². The van der Waals surface area contributed by atoms with Crippen molar-refractivity contribution in [3.8, 4) is 0 Å². The maximum absolute atomic E-state index is 6.07. The van der Waals surface area contributed by atoms with Crippen LogP contribution in [-0.4, -0.2) is 12.2 Å². The SMILES string of the molecule is Cc1cc(C)c(C(NN)C2CCOC3(CCC3)C2)c(C)c1. The van der Waals surface area contributed by atoms with E-state index in [4.69, 9.17) is 10.6 Å². The largest absolute Gasteiger partial charge is 0.375 e. The molecule has 1 aliphatic carbocycles. The zero-order valence-corrected chi connectivity index (χ0v) is 13.5. The Hall–Kier alpha value is -0.900. The third-order valence-corrected chi connectivity index (χ3v) is 5.50. The summed E-state index contributed by atoms with van der Waals surface area (Å²) in [7, 11) is 0. The summed E-state index contributed by atoms with van der Waals surface area (Å²) in [6.07, 6.45) is 6.02. The first-order valence-corrected chi connectivity index (χ1v) is 8.22. The van der Waals surface area contributed by atoms with Crippen molar-refractivity contribution < 1.29 is 4.74 Å². The van der Waals surface area contributed by atoms with Crippen LogP contribution in [0.1, 0.15) is 60.4 Å². The molecule has 1 aromatic carbocycles. The van der Waals surface area contributed by atoms with Crippen molar-refractivity contribution in [2.24, 2.45) is 11.8 Å². The van der Waals surface area contributed by atoms with Crippen LogP contribution in [0.5, 0.6) is 0 Å². The summed E-state index contributed by atoms with van der Waals surface area (Å²) in [4.78, 5) is 0. The molecule has 1 spiro atoms. The minimum atomic E-state index is 0.171. The molecule has 0 radical (unpaired) electrons. The maximum atomic E-state index is 6.07. The van der Waals surface area contributed by atoms with Crippen molar-refractivity contribution in [2.75, 3.05) is 6.61 Å². The van der Waals surface area contributed by atoms with Gasteiger partial charge >= 0.3 is 0 Å². The Morgan fingerprint density at radius 2 is 1.90 bits per heavy atom. The highest BCUT2D eigenvalue weighted by Gasteiger charge is 2.44. The fourth-order valence-corrected chi connectivity index (χ4v) is 4.41. The Kier molecular flexibility index (Phi) is 4.08. The van der Waals surface area contributed by atoms with Gasteiger partial charge in [-0.25, -0.2) is 0 Å². The van der Waals surface area contributed by atoms with Gasteiger partial charge in [0, 0.05) is 12.6 Å². The van der Waals surface area contributed by atoms with Gasteiger partial charge in [0.1, 0.15) is 0 Å². The molecule has 1 aromatic rings. The highest BCUT2D eigenvalue weighted by Crippen LogP contribution is 2.47. The molecule has 0 amide bonds. The maximum Gasteiger partial charge on any atom is 0.0686 e. The van der Waals surface area contributed by atoms with Gasteiger partial charge in [0.2, 0.25) is 0 Å². The average Bonchev–Trinajstić information content (AvgIpc) is 2.41. The van der Waals surface area contributed by atoms with Crippen molar-refractivity contribution in [2.45, 2.75) is 64.5 Å². The van der Waals surface area contributed by atoms with E-state index < -0.39 is 0 Å². The van der Waals surface area contributed by atoms with E-state index >= 15 is 0 Å².